The van der Waals surface area contributed by atoms with Gasteiger partial charge in [0.1, 0.15) is 16.3 Å². The molecule has 27 heavy (non-hydrogen) atoms. The third-order valence-electron chi connectivity index (χ3n) is 4.59. The van der Waals surface area contributed by atoms with E-state index >= 15 is 0 Å². The molecule has 0 amide bonds. The second kappa shape index (κ2) is 7.13. The zero-order valence-electron chi connectivity index (χ0n) is 15.2. The van der Waals surface area contributed by atoms with Crippen LogP contribution in [-0.2, 0) is 19.5 Å². The molecule has 0 saturated carbocycles. The summed E-state index contributed by atoms with van der Waals surface area (Å²) in [5.41, 5.74) is 2.75. The summed E-state index contributed by atoms with van der Waals surface area (Å²) in [6.07, 6.45) is 0.710. The van der Waals surface area contributed by atoms with Crippen molar-refractivity contribution in [3.8, 4) is 5.75 Å². The summed E-state index contributed by atoms with van der Waals surface area (Å²) < 4.78 is 6.45. The Hall–Kier alpha value is -2.70. The molecule has 5 nitrogen and oxygen atoms in total. The Morgan fingerprint density at radius 3 is 2.74 bits per heavy atom. The van der Waals surface area contributed by atoms with E-state index in [1.165, 1.54) is 16.8 Å². The van der Waals surface area contributed by atoms with E-state index < -0.39 is 5.63 Å². The highest BCUT2D eigenvalue weighted by Crippen LogP contribution is 2.28. The average molecular weight is 380 g/mol. The summed E-state index contributed by atoms with van der Waals surface area (Å²) >= 11 is 1.68. The SMILES string of the molecule is CCc1cc2c(CN(C)Cc3nc4ccccc4s3)cc(=O)oc2cc1O. The molecule has 0 atom stereocenters. The minimum atomic E-state index is -0.408. The van der Waals surface area contributed by atoms with Gasteiger partial charge in [0.15, 0.2) is 0 Å². The van der Waals surface area contributed by atoms with E-state index in [1.54, 1.807) is 11.3 Å². The highest BCUT2D eigenvalue weighted by molar-refractivity contribution is 7.18. The molecule has 4 rings (SSSR count). The van der Waals surface area contributed by atoms with Gasteiger partial charge >= 0.3 is 5.63 Å². The lowest BCUT2D eigenvalue weighted by Gasteiger charge is -2.16. The van der Waals surface area contributed by atoms with Crippen molar-refractivity contribution < 1.29 is 9.52 Å². The van der Waals surface area contributed by atoms with Gasteiger partial charge in [0.2, 0.25) is 0 Å². The number of phenolic OH excluding ortho intramolecular Hbond substituents is 1. The minimum Gasteiger partial charge on any atom is -0.508 e. The maximum atomic E-state index is 12.0. The summed E-state index contributed by atoms with van der Waals surface area (Å²) in [5.74, 6) is 0.160. The van der Waals surface area contributed by atoms with E-state index in [0.29, 0.717) is 25.1 Å². The predicted octanol–water partition coefficient (Wildman–Crippen LogP) is 4.30. The van der Waals surface area contributed by atoms with Crippen LogP contribution in [0.25, 0.3) is 21.2 Å². The van der Waals surface area contributed by atoms with Crippen LogP contribution in [0.5, 0.6) is 5.75 Å². The van der Waals surface area contributed by atoms with Crippen LogP contribution in [0.4, 0.5) is 0 Å². The van der Waals surface area contributed by atoms with Crippen LogP contribution >= 0.6 is 11.3 Å². The Balaban J connectivity index is 1.64. The van der Waals surface area contributed by atoms with E-state index in [1.807, 2.05) is 38.2 Å². The molecule has 0 aliphatic rings. The molecular formula is C21H20N2O3S. The molecule has 0 bridgehead atoms. The predicted molar refractivity (Wildman–Crippen MR) is 108 cm³/mol. The number of rotatable bonds is 5. The lowest BCUT2D eigenvalue weighted by atomic mass is 10.0. The molecule has 0 aliphatic heterocycles. The van der Waals surface area contributed by atoms with Crippen molar-refractivity contribution in [3.63, 3.8) is 0 Å². The summed E-state index contributed by atoms with van der Waals surface area (Å²) in [4.78, 5) is 18.8. The zero-order chi connectivity index (χ0) is 19.0. The number of nitrogens with zero attached hydrogens (tertiary/aromatic N) is 2. The number of hydrogen-bond donors (Lipinski definition) is 1. The van der Waals surface area contributed by atoms with Crippen LogP contribution < -0.4 is 5.63 Å². The molecule has 0 saturated heterocycles. The van der Waals surface area contributed by atoms with Gasteiger partial charge in [0.25, 0.3) is 0 Å². The number of aromatic hydroxyl groups is 1. The van der Waals surface area contributed by atoms with Gasteiger partial charge in [-0.2, -0.15) is 0 Å². The van der Waals surface area contributed by atoms with E-state index in [4.69, 9.17) is 4.42 Å². The van der Waals surface area contributed by atoms with Crippen molar-refractivity contribution >= 4 is 32.5 Å². The van der Waals surface area contributed by atoms with Gasteiger partial charge in [0.05, 0.1) is 16.8 Å². The van der Waals surface area contributed by atoms with Crippen LogP contribution in [0.2, 0.25) is 0 Å². The first kappa shape index (κ1) is 17.7. The molecule has 6 heteroatoms. The fourth-order valence-electron chi connectivity index (χ4n) is 3.29. The largest absolute Gasteiger partial charge is 0.508 e. The number of phenols is 1. The van der Waals surface area contributed by atoms with Crippen molar-refractivity contribution in [1.82, 2.24) is 9.88 Å². The van der Waals surface area contributed by atoms with Crippen LogP contribution in [-0.4, -0.2) is 22.0 Å². The van der Waals surface area contributed by atoms with Gasteiger partial charge in [-0.15, -0.1) is 11.3 Å². The number of fused-ring (bicyclic) bond motifs is 2. The summed E-state index contributed by atoms with van der Waals surface area (Å²) in [7, 11) is 2.01. The van der Waals surface area contributed by atoms with Crippen LogP contribution in [0.1, 0.15) is 23.1 Å². The molecule has 2 aromatic carbocycles. The third-order valence-corrected chi connectivity index (χ3v) is 5.62. The summed E-state index contributed by atoms with van der Waals surface area (Å²) in [6, 6.07) is 13.1. The summed E-state index contributed by atoms with van der Waals surface area (Å²) in [6.45, 7) is 3.27. The van der Waals surface area contributed by atoms with Crippen molar-refractivity contribution in [3.05, 3.63) is 69.0 Å². The van der Waals surface area contributed by atoms with Gasteiger partial charge in [-0.1, -0.05) is 19.1 Å². The Morgan fingerprint density at radius 2 is 1.96 bits per heavy atom. The van der Waals surface area contributed by atoms with E-state index in [2.05, 4.69) is 16.0 Å². The number of aromatic nitrogens is 1. The Morgan fingerprint density at radius 1 is 1.15 bits per heavy atom. The fourth-order valence-corrected chi connectivity index (χ4v) is 4.33. The maximum Gasteiger partial charge on any atom is 0.336 e. The molecule has 0 unspecified atom stereocenters. The second-order valence-electron chi connectivity index (χ2n) is 6.67. The number of aryl methyl sites for hydroxylation is 1. The van der Waals surface area contributed by atoms with E-state index in [9.17, 15) is 9.90 Å². The Labute approximate surface area is 160 Å². The van der Waals surface area contributed by atoms with Crippen molar-refractivity contribution in [2.24, 2.45) is 0 Å². The molecule has 2 aromatic heterocycles. The van der Waals surface area contributed by atoms with Gasteiger partial charge in [-0.05, 0) is 42.8 Å². The highest BCUT2D eigenvalue weighted by Gasteiger charge is 2.13. The van der Waals surface area contributed by atoms with Crippen molar-refractivity contribution in [1.29, 1.82) is 0 Å². The lowest BCUT2D eigenvalue weighted by Crippen LogP contribution is -2.18. The first-order valence-electron chi connectivity index (χ1n) is 8.85. The second-order valence-corrected chi connectivity index (χ2v) is 7.78. The zero-order valence-corrected chi connectivity index (χ0v) is 16.0. The number of hydrogen-bond acceptors (Lipinski definition) is 6. The van der Waals surface area contributed by atoms with Crippen LogP contribution in [0.3, 0.4) is 0 Å². The topological polar surface area (TPSA) is 66.6 Å². The van der Waals surface area contributed by atoms with Gasteiger partial charge < -0.3 is 9.52 Å². The first-order chi connectivity index (χ1) is 13.0. The third kappa shape index (κ3) is 3.59. The van der Waals surface area contributed by atoms with Crippen molar-refractivity contribution in [2.75, 3.05) is 7.05 Å². The number of para-hydroxylation sites is 1. The molecular weight excluding hydrogens is 360 g/mol. The van der Waals surface area contributed by atoms with Gasteiger partial charge in [0, 0.05) is 24.1 Å². The molecule has 2 heterocycles. The fraction of sp³-hybridized carbons (Fsp3) is 0.238. The lowest BCUT2D eigenvalue weighted by molar-refractivity contribution is 0.319. The molecule has 1 N–H and O–H groups in total. The Bertz CT molecular complexity index is 1150. The molecule has 0 fully saturated rings. The minimum absolute atomic E-state index is 0.160. The summed E-state index contributed by atoms with van der Waals surface area (Å²) in [5, 5.41) is 12.0. The molecule has 0 aliphatic carbocycles. The quantitative estimate of drug-likeness (QED) is 0.523. The van der Waals surface area contributed by atoms with Gasteiger partial charge in [-0.3, -0.25) is 4.90 Å². The highest BCUT2D eigenvalue weighted by atomic mass is 32.1. The molecule has 0 radical (unpaired) electrons. The first-order valence-corrected chi connectivity index (χ1v) is 9.66. The van der Waals surface area contributed by atoms with Crippen LogP contribution in [0.15, 0.2) is 51.7 Å². The maximum absolute atomic E-state index is 12.0. The van der Waals surface area contributed by atoms with Crippen molar-refractivity contribution in [2.45, 2.75) is 26.4 Å². The molecule has 138 valence electrons. The monoisotopic (exact) mass is 380 g/mol. The number of benzene rings is 2. The smallest absolute Gasteiger partial charge is 0.336 e. The standard InChI is InChI=1S/C21H20N2O3S/c1-3-13-8-15-14(9-21(25)26-18(15)10-17(13)24)11-23(2)12-20-22-16-6-4-5-7-19(16)27-20/h4-10,24H,3,11-12H2,1-2H3. The number of thiazole rings is 1. The Kier molecular flexibility index (Phi) is 4.68. The normalized spacial score (nSPS) is 11.7. The molecule has 0 spiro atoms. The van der Waals surface area contributed by atoms with E-state index in [0.717, 1.165) is 27.0 Å². The van der Waals surface area contributed by atoms with Gasteiger partial charge in [-0.25, -0.2) is 9.78 Å². The van der Waals surface area contributed by atoms with Crippen LogP contribution in [0, 0.1) is 0 Å². The van der Waals surface area contributed by atoms with E-state index in [-0.39, 0.29) is 5.75 Å². The molecule has 4 aromatic rings. The average Bonchev–Trinajstić information content (AvgIpc) is 3.03.